The molecule has 0 unspecified atom stereocenters. The molecule has 1 rings (SSSR count). The molecule has 0 aliphatic carbocycles. The lowest BCUT2D eigenvalue weighted by Crippen LogP contribution is -2.47. The van der Waals surface area contributed by atoms with E-state index < -0.39 is 19.8 Å². The highest BCUT2D eigenvalue weighted by Gasteiger charge is 2.41. The zero-order valence-electron chi connectivity index (χ0n) is 16.9. The molecule has 0 radical (unpaired) electrons. The van der Waals surface area contributed by atoms with Gasteiger partial charge in [0.05, 0.1) is 6.61 Å². The molecular formula is C20H32N2O3Si. The number of nitrogens with zero attached hydrogens (tertiary/aromatic N) is 1. The second-order valence-corrected chi connectivity index (χ2v) is 12.8. The Bertz CT molecular complexity index is 620. The van der Waals surface area contributed by atoms with E-state index in [9.17, 15) is 10.1 Å². The van der Waals surface area contributed by atoms with Gasteiger partial charge >= 0.3 is 5.97 Å². The normalized spacial score (nSPS) is 14.2. The van der Waals surface area contributed by atoms with E-state index in [-0.39, 0.29) is 11.6 Å². The highest BCUT2D eigenvalue weighted by Crippen LogP contribution is 2.36. The van der Waals surface area contributed by atoms with Gasteiger partial charge in [-0.05, 0) is 50.0 Å². The molecule has 5 nitrogen and oxygen atoms in total. The van der Waals surface area contributed by atoms with Crippen molar-refractivity contribution in [3.63, 3.8) is 0 Å². The fraction of sp³-hybridized carbons (Fsp3) is 0.600. The molecule has 0 bridgehead atoms. The number of hydrogen-bond acceptors (Lipinski definition) is 5. The standard InChI is InChI=1S/C20H32N2O3Si/c1-7-24-18(23)20(16-21,22-17-12-9-8-10-13-17)14-11-15-25-26(5,6)19(2,3)4/h8-10,12-13,22H,7,11,14-15H2,1-6H3/t20-/m1/s1. The Kier molecular flexibility index (Phi) is 7.85. The summed E-state index contributed by atoms with van der Waals surface area (Å²) in [6.45, 7) is 13.4. The number of nitrogens with one attached hydrogen (secondary N) is 1. The quantitative estimate of drug-likeness (QED) is 0.383. The van der Waals surface area contributed by atoms with E-state index in [2.05, 4.69) is 45.3 Å². The maximum atomic E-state index is 12.5. The van der Waals surface area contributed by atoms with Crippen LogP contribution in [0.15, 0.2) is 30.3 Å². The Morgan fingerprint density at radius 2 is 1.85 bits per heavy atom. The van der Waals surface area contributed by atoms with Crippen LogP contribution in [0.1, 0.15) is 40.5 Å². The fourth-order valence-corrected chi connectivity index (χ4v) is 3.34. The van der Waals surface area contributed by atoms with Gasteiger partial charge in [-0.1, -0.05) is 39.0 Å². The number of para-hydroxylation sites is 1. The van der Waals surface area contributed by atoms with E-state index in [1.54, 1.807) is 6.92 Å². The van der Waals surface area contributed by atoms with Crippen molar-refractivity contribution in [1.82, 2.24) is 0 Å². The summed E-state index contributed by atoms with van der Waals surface area (Å²) < 4.78 is 11.3. The molecule has 0 fully saturated rings. The van der Waals surface area contributed by atoms with Crippen LogP contribution in [0.25, 0.3) is 0 Å². The zero-order chi connectivity index (χ0) is 19.8. The van der Waals surface area contributed by atoms with Crippen molar-refractivity contribution in [2.45, 2.75) is 64.2 Å². The van der Waals surface area contributed by atoms with Gasteiger partial charge in [0.25, 0.3) is 0 Å². The van der Waals surface area contributed by atoms with Gasteiger partial charge in [-0.15, -0.1) is 0 Å². The highest BCUT2D eigenvalue weighted by molar-refractivity contribution is 6.74. The topological polar surface area (TPSA) is 71.4 Å². The Balaban J connectivity index is 2.83. The lowest BCUT2D eigenvalue weighted by atomic mass is 9.94. The van der Waals surface area contributed by atoms with Gasteiger partial charge in [0.1, 0.15) is 6.07 Å². The Hall–Kier alpha value is -1.84. The number of carbonyl (C=O) groups is 1. The third kappa shape index (κ3) is 5.86. The second-order valence-electron chi connectivity index (χ2n) is 7.94. The summed E-state index contributed by atoms with van der Waals surface area (Å²) in [6.07, 6.45) is 0.921. The number of rotatable bonds is 9. The minimum Gasteiger partial charge on any atom is -0.463 e. The minimum atomic E-state index is -1.85. The fourth-order valence-electron chi connectivity index (χ4n) is 2.25. The molecule has 1 aromatic rings. The lowest BCUT2D eigenvalue weighted by molar-refractivity contribution is -0.146. The number of hydrogen-bond donors (Lipinski definition) is 1. The Morgan fingerprint density at radius 1 is 1.23 bits per heavy atom. The van der Waals surface area contributed by atoms with E-state index in [0.29, 0.717) is 25.1 Å². The largest absolute Gasteiger partial charge is 0.463 e. The van der Waals surface area contributed by atoms with Crippen molar-refractivity contribution >= 4 is 20.0 Å². The summed E-state index contributed by atoms with van der Waals surface area (Å²) in [4.78, 5) is 12.5. The molecule has 0 heterocycles. The number of esters is 1. The molecule has 0 amide bonds. The van der Waals surface area contributed by atoms with Gasteiger partial charge in [0, 0.05) is 12.3 Å². The molecule has 0 aromatic heterocycles. The van der Waals surface area contributed by atoms with Gasteiger partial charge in [0.2, 0.25) is 5.54 Å². The van der Waals surface area contributed by atoms with Crippen LogP contribution in [0.4, 0.5) is 5.69 Å². The van der Waals surface area contributed by atoms with Gasteiger partial charge in [-0.3, -0.25) is 0 Å². The summed E-state index contributed by atoms with van der Waals surface area (Å²) in [6, 6.07) is 11.4. The van der Waals surface area contributed by atoms with Crippen molar-refractivity contribution in [1.29, 1.82) is 5.26 Å². The highest BCUT2D eigenvalue weighted by atomic mass is 28.4. The first-order valence-corrected chi connectivity index (χ1v) is 12.0. The van der Waals surface area contributed by atoms with Crippen molar-refractivity contribution in [2.75, 3.05) is 18.5 Å². The van der Waals surface area contributed by atoms with Crippen LogP contribution in [-0.4, -0.2) is 33.0 Å². The maximum Gasteiger partial charge on any atom is 0.346 e. The molecule has 26 heavy (non-hydrogen) atoms. The lowest BCUT2D eigenvalue weighted by Gasteiger charge is -2.36. The summed E-state index contributed by atoms with van der Waals surface area (Å²) in [5.41, 5.74) is -0.693. The summed E-state index contributed by atoms with van der Waals surface area (Å²) in [7, 11) is -1.85. The number of nitriles is 1. The first-order valence-electron chi connectivity index (χ1n) is 9.13. The molecule has 0 saturated carbocycles. The number of ether oxygens (including phenoxy) is 1. The summed E-state index contributed by atoms with van der Waals surface area (Å²) >= 11 is 0. The molecule has 0 saturated heterocycles. The van der Waals surface area contributed by atoms with Crippen LogP contribution in [0.5, 0.6) is 0 Å². The molecule has 1 N–H and O–H groups in total. The molecule has 1 atom stereocenters. The zero-order valence-corrected chi connectivity index (χ0v) is 17.9. The molecule has 0 aliphatic rings. The Morgan fingerprint density at radius 3 is 2.35 bits per heavy atom. The number of carbonyl (C=O) groups excluding carboxylic acids is 1. The van der Waals surface area contributed by atoms with Crippen LogP contribution in [-0.2, 0) is 14.0 Å². The minimum absolute atomic E-state index is 0.128. The van der Waals surface area contributed by atoms with Crippen molar-refractivity contribution in [3.05, 3.63) is 30.3 Å². The van der Waals surface area contributed by atoms with E-state index in [4.69, 9.17) is 9.16 Å². The monoisotopic (exact) mass is 376 g/mol. The average molecular weight is 377 g/mol. The van der Waals surface area contributed by atoms with E-state index >= 15 is 0 Å². The molecule has 0 spiro atoms. The second kappa shape index (κ2) is 9.20. The van der Waals surface area contributed by atoms with E-state index in [1.165, 1.54) is 0 Å². The van der Waals surface area contributed by atoms with Crippen LogP contribution in [0.3, 0.4) is 0 Å². The molecule has 6 heteroatoms. The van der Waals surface area contributed by atoms with Crippen molar-refractivity contribution in [3.8, 4) is 6.07 Å². The number of benzene rings is 1. The summed E-state index contributed by atoms with van der Waals surface area (Å²) in [5.74, 6) is -0.543. The molecule has 0 aliphatic heterocycles. The predicted molar refractivity (Wildman–Crippen MR) is 107 cm³/mol. The van der Waals surface area contributed by atoms with E-state index in [0.717, 1.165) is 0 Å². The summed E-state index contributed by atoms with van der Waals surface area (Å²) in [5, 5.41) is 13.0. The predicted octanol–water partition coefficient (Wildman–Crippen LogP) is 4.73. The van der Waals surface area contributed by atoms with Gasteiger partial charge in [0.15, 0.2) is 8.32 Å². The molecule has 144 valence electrons. The third-order valence-corrected chi connectivity index (χ3v) is 9.45. The number of anilines is 1. The van der Waals surface area contributed by atoms with E-state index in [1.807, 2.05) is 30.3 Å². The van der Waals surface area contributed by atoms with Gasteiger partial charge in [-0.2, -0.15) is 5.26 Å². The third-order valence-electron chi connectivity index (χ3n) is 4.91. The maximum absolute atomic E-state index is 12.5. The first-order chi connectivity index (χ1) is 12.1. The molecule has 1 aromatic carbocycles. The van der Waals surface area contributed by atoms with Crippen LogP contribution in [0.2, 0.25) is 18.1 Å². The average Bonchev–Trinajstić information content (AvgIpc) is 2.57. The van der Waals surface area contributed by atoms with Crippen LogP contribution < -0.4 is 5.32 Å². The Labute approximate surface area is 158 Å². The van der Waals surface area contributed by atoms with Crippen molar-refractivity contribution in [2.24, 2.45) is 0 Å². The first kappa shape index (κ1) is 22.2. The van der Waals surface area contributed by atoms with Gasteiger partial charge in [-0.25, -0.2) is 4.79 Å². The SMILES string of the molecule is CCOC(=O)[C@](C#N)(CCCO[Si](C)(C)C(C)(C)C)Nc1ccccc1. The van der Waals surface area contributed by atoms with Crippen molar-refractivity contribution < 1.29 is 14.0 Å². The smallest absolute Gasteiger partial charge is 0.346 e. The molecular weight excluding hydrogens is 344 g/mol. The van der Waals surface area contributed by atoms with Crippen LogP contribution >= 0.6 is 0 Å². The van der Waals surface area contributed by atoms with Crippen LogP contribution in [0, 0.1) is 11.3 Å². The van der Waals surface area contributed by atoms with Gasteiger partial charge < -0.3 is 14.5 Å².